The molecule has 10 heteroatoms. The highest BCUT2D eigenvalue weighted by atomic mass is 19.3. The summed E-state index contributed by atoms with van der Waals surface area (Å²) >= 11 is 0. The fraction of sp³-hybridized carbons (Fsp3) is 0.476. The molecule has 3 aromatic rings. The van der Waals surface area contributed by atoms with Crippen molar-refractivity contribution in [1.82, 2.24) is 25.1 Å². The minimum Gasteiger partial charge on any atom is -0.372 e. The van der Waals surface area contributed by atoms with Gasteiger partial charge in [-0.2, -0.15) is 10.1 Å². The molecule has 4 atom stereocenters. The molecule has 2 fully saturated rings. The minimum absolute atomic E-state index is 0.0558. The Hall–Kier alpha value is -2.85. The number of aromatic amines is 1. The van der Waals surface area contributed by atoms with E-state index in [9.17, 15) is 13.9 Å². The number of H-pyrrole nitrogens is 1. The standard InChI is InChI=1S/C21H25F2N7O/c1-11-8-17(29-28-11)26-19-15-4-2-3-5-16(15)25-21(27-19)24-12-9-13-6-7-14(10-12)30(13)20(31)18(22)23/h2-5,8,12-14,18,20,31H,6-7,9-10H2,1H3,(H3,24,25,26,27,28,29)/t12?,13-,14+,20?. The second kappa shape index (κ2) is 8.01. The van der Waals surface area contributed by atoms with Crippen molar-refractivity contribution in [3.8, 4) is 0 Å². The third kappa shape index (κ3) is 3.92. The molecule has 5 rings (SSSR count). The van der Waals surface area contributed by atoms with E-state index in [0.717, 1.165) is 29.4 Å². The Kier molecular flexibility index (Phi) is 5.19. The van der Waals surface area contributed by atoms with Crippen molar-refractivity contribution < 1.29 is 13.9 Å². The smallest absolute Gasteiger partial charge is 0.277 e. The molecule has 0 radical (unpaired) electrons. The second-order valence-electron chi connectivity index (χ2n) is 8.37. The first-order chi connectivity index (χ1) is 15.0. The number of aliphatic hydroxyl groups is 1. The van der Waals surface area contributed by atoms with Gasteiger partial charge < -0.3 is 15.7 Å². The summed E-state index contributed by atoms with van der Waals surface area (Å²) in [4.78, 5) is 10.9. The molecule has 2 aliphatic rings. The maximum Gasteiger partial charge on any atom is 0.277 e. The molecule has 2 bridgehead atoms. The Morgan fingerprint density at radius 2 is 1.90 bits per heavy atom. The van der Waals surface area contributed by atoms with Crippen LogP contribution in [-0.4, -0.2) is 61.0 Å². The van der Waals surface area contributed by atoms with Crippen molar-refractivity contribution >= 4 is 28.5 Å². The molecule has 0 saturated carbocycles. The maximum absolute atomic E-state index is 13.1. The van der Waals surface area contributed by atoms with Crippen LogP contribution in [0.1, 0.15) is 31.4 Å². The average Bonchev–Trinajstić information content (AvgIpc) is 3.27. The number of benzene rings is 1. The summed E-state index contributed by atoms with van der Waals surface area (Å²) in [5.74, 6) is 1.80. The first kappa shape index (κ1) is 20.1. The number of halogens is 2. The number of nitrogens with one attached hydrogen (secondary N) is 3. The maximum atomic E-state index is 13.1. The van der Waals surface area contributed by atoms with E-state index in [2.05, 4.69) is 30.8 Å². The van der Waals surface area contributed by atoms with E-state index in [4.69, 9.17) is 0 Å². The van der Waals surface area contributed by atoms with Crippen LogP contribution in [0.25, 0.3) is 10.9 Å². The van der Waals surface area contributed by atoms with E-state index >= 15 is 0 Å². The SMILES string of the molecule is Cc1cc(Nc2nc(NC3C[C@H]4CC[C@@H](C3)N4C(O)C(F)F)nc3ccccc23)n[nH]1. The Balaban J connectivity index is 1.38. The van der Waals surface area contributed by atoms with Gasteiger partial charge in [-0.1, -0.05) is 12.1 Å². The zero-order valence-corrected chi connectivity index (χ0v) is 17.1. The number of alkyl halides is 2. The third-order valence-corrected chi connectivity index (χ3v) is 6.21. The predicted octanol–water partition coefficient (Wildman–Crippen LogP) is 3.40. The molecule has 2 unspecified atom stereocenters. The van der Waals surface area contributed by atoms with Gasteiger partial charge in [-0.05, 0) is 44.7 Å². The summed E-state index contributed by atoms with van der Waals surface area (Å²) < 4.78 is 26.1. The van der Waals surface area contributed by atoms with Gasteiger partial charge in [0.15, 0.2) is 12.0 Å². The molecule has 1 aromatic carbocycles. The summed E-state index contributed by atoms with van der Waals surface area (Å²) in [7, 11) is 0. The molecule has 31 heavy (non-hydrogen) atoms. The number of hydrogen-bond donors (Lipinski definition) is 4. The normalized spacial score (nSPS) is 24.6. The van der Waals surface area contributed by atoms with Crippen LogP contribution in [0.5, 0.6) is 0 Å². The Morgan fingerprint density at radius 3 is 2.58 bits per heavy atom. The number of piperidine rings is 1. The van der Waals surface area contributed by atoms with Crippen LogP contribution in [0.4, 0.5) is 26.4 Å². The molecular formula is C21H25F2N7O. The lowest BCUT2D eigenvalue weighted by Crippen LogP contribution is -2.53. The van der Waals surface area contributed by atoms with Crippen LogP contribution in [0.15, 0.2) is 30.3 Å². The van der Waals surface area contributed by atoms with Gasteiger partial charge in [-0.15, -0.1) is 0 Å². The largest absolute Gasteiger partial charge is 0.372 e. The van der Waals surface area contributed by atoms with Crippen molar-refractivity contribution in [3.63, 3.8) is 0 Å². The molecule has 0 aliphatic carbocycles. The van der Waals surface area contributed by atoms with Gasteiger partial charge in [0.05, 0.1) is 5.52 Å². The molecule has 2 saturated heterocycles. The lowest BCUT2D eigenvalue weighted by atomic mass is 9.97. The Morgan fingerprint density at radius 1 is 1.16 bits per heavy atom. The third-order valence-electron chi connectivity index (χ3n) is 6.21. The zero-order chi connectivity index (χ0) is 21.5. The fourth-order valence-corrected chi connectivity index (χ4v) is 4.92. The molecular weight excluding hydrogens is 404 g/mol. The molecule has 2 aromatic heterocycles. The van der Waals surface area contributed by atoms with Crippen LogP contribution in [0.3, 0.4) is 0 Å². The predicted molar refractivity (Wildman–Crippen MR) is 113 cm³/mol. The summed E-state index contributed by atoms with van der Waals surface area (Å²) in [5, 5.41) is 24.6. The van der Waals surface area contributed by atoms with Crippen molar-refractivity contribution in [3.05, 3.63) is 36.0 Å². The molecule has 2 aliphatic heterocycles. The van der Waals surface area contributed by atoms with Gasteiger partial charge in [0, 0.05) is 35.3 Å². The van der Waals surface area contributed by atoms with Crippen LogP contribution in [0, 0.1) is 6.92 Å². The van der Waals surface area contributed by atoms with Gasteiger partial charge in [-0.25, -0.2) is 13.8 Å². The average molecular weight is 429 g/mol. The topological polar surface area (TPSA) is 102 Å². The highest BCUT2D eigenvalue weighted by Gasteiger charge is 2.46. The van der Waals surface area contributed by atoms with Crippen LogP contribution < -0.4 is 10.6 Å². The number of aliphatic hydroxyl groups excluding tert-OH is 1. The Bertz CT molecular complexity index is 1060. The van der Waals surface area contributed by atoms with Gasteiger partial charge in [0.1, 0.15) is 5.82 Å². The van der Waals surface area contributed by atoms with Gasteiger partial charge in [-0.3, -0.25) is 10.00 Å². The molecule has 4 N–H and O–H groups in total. The van der Waals surface area contributed by atoms with Crippen LogP contribution in [-0.2, 0) is 0 Å². The van der Waals surface area contributed by atoms with Crippen molar-refractivity contribution in [2.75, 3.05) is 10.6 Å². The minimum atomic E-state index is -2.75. The highest BCUT2D eigenvalue weighted by Crippen LogP contribution is 2.39. The van der Waals surface area contributed by atoms with Crippen molar-refractivity contribution in [1.29, 1.82) is 0 Å². The van der Waals surface area contributed by atoms with Crippen molar-refractivity contribution in [2.24, 2.45) is 0 Å². The molecule has 0 amide bonds. The van der Waals surface area contributed by atoms with E-state index in [1.807, 2.05) is 37.3 Å². The molecule has 164 valence electrons. The van der Waals surface area contributed by atoms with Gasteiger partial charge in [0.2, 0.25) is 5.95 Å². The number of aromatic nitrogens is 4. The molecule has 8 nitrogen and oxygen atoms in total. The van der Waals surface area contributed by atoms with E-state index in [1.54, 1.807) is 4.90 Å². The van der Waals surface area contributed by atoms with Crippen molar-refractivity contribution in [2.45, 2.75) is 63.4 Å². The number of hydrogen-bond acceptors (Lipinski definition) is 7. The van der Waals surface area contributed by atoms with Gasteiger partial charge >= 0.3 is 0 Å². The lowest BCUT2D eigenvalue weighted by Gasteiger charge is -2.41. The highest BCUT2D eigenvalue weighted by molar-refractivity contribution is 5.91. The summed E-state index contributed by atoms with van der Waals surface area (Å²) in [6.45, 7) is 1.93. The monoisotopic (exact) mass is 429 g/mol. The summed E-state index contributed by atoms with van der Waals surface area (Å²) in [6.07, 6.45) is -1.48. The first-order valence-corrected chi connectivity index (χ1v) is 10.5. The number of fused-ring (bicyclic) bond motifs is 3. The number of para-hydroxylation sites is 1. The number of anilines is 3. The number of aryl methyl sites for hydroxylation is 1. The van der Waals surface area contributed by atoms with E-state index in [0.29, 0.717) is 30.4 Å². The van der Waals surface area contributed by atoms with E-state index in [-0.39, 0.29) is 18.1 Å². The molecule has 0 spiro atoms. The zero-order valence-electron chi connectivity index (χ0n) is 17.1. The number of rotatable bonds is 6. The van der Waals surface area contributed by atoms with Gasteiger partial charge in [0.25, 0.3) is 6.43 Å². The lowest BCUT2D eigenvalue weighted by molar-refractivity contribution is -0.129. The fourth-order valence-electron chi connectivity index (χ4n) is 4.92. The van der Waals surface area contributed by atoms with Crippen LogP contribution >= 0.6 is 0 Å². The van der Waals surface area contributed by atoms with Crippen LogP contribution in [0.2, 0.25) is 0 Å². The second-order valence-corrected chi connectivity index (χ2v) is 8.37. The quantitative estimate of drug-likeness (QED) is 0.476. The Labute approximate surface area is 178 Å². The first-order valence-electron chi connectivity index (χ1n) is 10.5. The van der Waals surface area contributed by atoms with E-state index in [1.165, 1.54) is 0 Å². The summed E-state index contributed by atoms with van der Waals surface area (Å²) in [5.41, 5.74) is 1.73. The van der Waals surface area contributed by atoms with E-state index < -0.39 is 12.7 Å². The number of nitrogens with zero attached hydrogens (tertiary/aromatic N) is 4. The molecule has 4 heterocycles. The summed E-state index contributed by atoms with van der Waals surface area (Å²) in [6, 6.07) is 9.55.